The molecule has 1 heteroatoms. The van der Waals surface area contributed by atoms with Crippen LogP contribution in [0.1, 0.15) is 53.9 Å². The second kappa shape index (κ2) is 9.35. The molecule has 0 bridgehead atoms. The van der Waals surface area contributed by atoms with E-state index in [2.05, 4.69) is 131 Å². The molecule has 0 fully saturated rings. The van der Waals surface area contributed by atoms with E-state index in [0.717, 1.165) is 19.3 Å². The summed E-state index contributed by atoms with van der Waals surface area (Å²) in [5, 5.41) is 2.84. The van der Waals surface area contributed by atoms with E-state index in [1.165, 1.54) is 38.6 Å². The second-order valence-corrected chi connectivity index (χ2v) is 12.7. The van der Waals surface area contributed by atoms with Gasteiger partial charge in [0.25, 0.3) is 0 Å². The number of hydrogen-bond donors (Lipinski definition) is 0. The summed E-state index contributed by atoms with van der Waals surface area (Å²) in [5.74, 6) is 2.09. The Hall–Kier alpha value is -3.06. The summed E-state index contributed by atoms with van der Waals surface area (Å²) in [6, 6.07) is 9.51. The zero-order valence-electron chi connectivity index (χ0n) is 23.1. The van der Waals surface area contributed by atoms with E-state index in [1.54, 1.807) is 0 Å². The number of allylic oxidation sites excluding steroid dienone is 11. The first-order chi connectivity index (χ1) is 17.8. The summed E-state index contributed by atoms with van der Waals surface area (Å²) in [5.41, 5.74) is 7.40. The highest BCUT2D eigenvalue weighted by molar-refractivity contribution is 5.69. The molecule has 0 N–H and O–H groups in total. The smallest absolute Gasteiger partial charge is 0.0557 e. The summed E-state index contributed by atoms with van der Waals surface area (Å²) in [6.45, 7) is 11.5. The van der Waals surface area contributed by atoms with Gasteiger partial charge in [-0.1, -0.05) is 118 Å². The van der Waals surface area contributed by atoms with Crippen molar-refractivity contribution in [2.45, 2.75) is 59.9 Å². The van der Waals surface area contributed by atoms with Crippen molar-refractivity contribution >= 4 is 11.3 Å². The average molecular weight is 488 g/mol. The maximum atomic E-state index is 2.69. The van der Waals surface area contributed by atoms with E-state index in [1.807, 2.05) is 0 Å². The van der Waals surface area contributed by atoms with Gasteiger partial charge in [-0.2, -0.15) is 0 Å². The molecule has 0 aromatic heterocycles. The van der Waals surface area contributed by atoms with Gasteiger partial charge in [-0.05, 0) is 71.8 Å². The zero-order chi connectivity index (χ0) is 25.7. The van der Waals surface area contributed by atoms with Crippen LogP contribution in [0.15, 0.2) is 108 Å². The lowest BCUT2D eigenvalue weighted by Gasteiger charge is -2.43. The molecule has 0 amide bonds. The van der Waals surface area contributed by atoms with Gasteiger partial charge >= 0.3 is 0 Å². The van der Waals surface area contributed by atoms with Gasteiger partial charge in [-0.3, -0.25) is 0 Å². The van der Waals surface area contributed by atoms with Crippen LogP contribution in [0.5, 0.6) is 0 Å². The van der Waals surface area contributed by atoms with Crippen LogP contribution in [-0.4, -0.2) is 10.9 Å². The topological polar surface area (TPSA) is 3.24 Å². The normalized spacial score (nSPS) is 30.2. The van der Waals surface area contributed by atoms with Crippen LogP contribution < -0.4 is 10.4 Å². The van der Waals surface area contributed by atoms with E-state index >= 15 is 0 Å². The molecule has 6 rings (SSSR count). The lowest BCUT2D eigenvalue weighted by molar-refractivity contribution is 0.358. The highest BCUT2D eigenvalue weighted by Gasteiger charge is 2.38. The molecule has 0 spiro atoms. The monoisotopic (exact) mass is 487 g/mol. The Kier molecular flexibility index (Phi) is 6.14. The molecule has 37 heavy (non-hydrogen) atoms. The van der Waals surface area contributed by atoms with Crippen LogP contribution in [0, 0.1) is 29.1 Å². The Bertz CT molecular complexity index is 1430. The fourth-order valence-corrected chi connectivity index (χ4v) is 6.77. The van der Waals surface area contributed by atoms with E-state index in [0.29, 0.717) is 29.7 Å². The number of rotatable bonds is 3. The number of hydrogen-bond acceptors (Lipinski definition) is 1. The fraction of sp³-hybridized carbons (Fsp3) is 0.389. The van der Waals surface area contributed by atoms with E-state index in [4.69, 9.17) is 0 Å². The van der Waals surface area contributed by atoms with Crippen molar-refractivity contribution in [2.75, 3.05) is 0 Å². The molecule has 5 atom stereocenters. The molecular formula is C36H41N. The molecule has 0 radical (unpaired) electrons. The minimum Gasteiger partial charge on any atom is -0.338 e. The average Bonchev–Trinajstić information content (AvgIpc) is 2.90. The Labute approximate surface area is 223 Å². The minimum absolute atomic E-state index is 0.183. The van der Waals surface area contributed by atoms with Crippen LogP contribution in [0.4, 0.5) is 0 Å². The molecule has 0 heterocycles. The predicted octanol–water partition coefficient (Wildman–Crippen LogP) is 7.37. The molecular weight excluding hydrogens is 446 g/mol. The maximum Gasteiger partial charge on any atom is 0.0557 e. The number of fused-ring (bicyclic) bond motifs is 4. The van der Waals surface area contributed by atoms with Crippen LogP contribution in [-0.2, 0) is 0 Å². The Morgan fingerprint density at radius 2 is 1.65 bits per heavy atom. The summed E-state index contributed by atoms with van der Waals surface area (Å²) in [6.07, 6.45) is 30.1. The van der Waals surface area contributed by atoms with E-state index in [-0.39, 0.29) is 5.41 Å². The van der Waals surface area contributed by atoms with Gasteiger partial charge in [-0.25, -0.2) is 0 Å². The second-order valence-electron chi connectivity index (χ2n) is 12.7. The van der Waals surface area contributed by atoms with Gasteiger partial charge in [0, 0.05) is 22.5 Å². The first-order valence-corrected chi connectivity index (χ1v) is 14.2. The first kappa shape index (κ1) is 24.3. The van der Waals surface area contributed by atoms with Crippen molar-refractivity contribution in [3.8, 4) is 0 Å². The molecule has 0 saturated carbocycles. The SMILES string of the molecule is CC1=CCC(N(C2=CCC(C)C=C2)C2=c3ccccc3=C3C=CC4C=C(C(C)(C)C)C=CC4C3C2)C=C1. The van der Waals surface area contributed by atoms with Crippen molar-refractivity contribution in [1.82, 2.24) is 4.90 Å². The van der Waals surface area contributed by atoms with Crippen molar-refractivity contribution in [3.05, 3.63) is 118 Å². The van der Waals surface area contributed by atoms with Gasteiger partial charge in [0.15, 0.2) is 0 Å². The van der Waals surface area contributed by atoms with Crippen LogP contribution in [0.25, 0.3) is 11.3 Å². The Morgan fingerprint density at radius 1 is 0.838 bits per heavy atom. The predicted molar refractivity (Wildman–Crippen MR) is 158 cm³/mol. The summed E-state index contributed by atoms with van der Waals surface area (Å²) in [7, 11) is 0. The molecule has 1 nitrogen and oxygen atoms in total. The van der Waals surface area contributed by atoms with Crippen LogP contribution in [0.3, 0.4) is 0 Å². The van der Waals surface area contributed by atoms with E-state index < -0.39 is 0 Å². The van der Waals surface area contributed by atoms with E-state index in [9.17, 15) is 0 Å². The fourth-order valence-electron chi connectivity index (χ4n) is 6.77. The Morgan fingerprint density at radius 3 is 2.35 bits per heavy atom. The maximum absolute atomic E-state index is 2.69. The summed E-state index contributed by atoms with van der Waals surface area (Å²) >= 11 is 0. The molecule has 1 aromatic rings. The van der Waals surface area contributed by atoms with Crippen molar-refractivity contribution in [3.63, 3.8) is 0 Å². The van der Waals surface area contributed by atoms with Crippen LogP contribution in [0.2, 0.25) is 0 Å². The standard InChI is InChI=1S/C36H41N/c1-24-10-16-28(17-11-24)37(29-18-12-25(2)13-19-29)35-23-34-30-21-15-27(36(3,4)5)22-26(30)14-20-32(34)31-8-6-7-9-33(31)35/h6-12,14-16,18-22,25-26,28,30,34H,13,17,23H2,1-5H3. The van der Waals surface area contributed by atoms with Gasteiger partial charge < -0.3 is 4.90 Å². The van der Waals surface area contributed by atoms with Crippen molar-refractivity contribution in [1.29, 1.82) is 0 Å². The van der Waals surface area contributed by atoms with Gasteiger partial charge in [0.05, 0.1) is 6.04 Å². The third-order valence-electron chi connectivity index (χ3n) is 8.96. The van der Waals surface area contributed by atoms with Gasteiger partial charge in [0.1, 0.15) is 0 Å². The van der Waals surface area contributed by atoms with Gasteiger partial charge in [0.2, 0.25) is 0 Å². The molecule has 0 aliphatic heterocycles. The van der Waals surface area contributed by atoms with Crippen molar-refractivity contribution in [2.24, 2.45) is 29.1 Å². The zero-order valence-corrected chi connectivity index (χ0v) is 23.1. The number of benzene rings is 1. The number of nitrogens with zero attached hydrogens (tertiary/aromatic N) is 1. The molecule has 5 aliphatic carbocycles. The molecule has 1 aromatic carbocycles. The third kappa shape index (κ3) is 4.48. The quantitative estimate of drug-likeness (QED) is 0.430. The summed E-state index contributed by atoms with van der Waals surface area (Å²) in [4.78, 5) is 2.69. The highest BCUT2D eigenvalue weighted by Crippen LogP contribution is 2.46. The summed E-state index contributed by atoms with van der Waals surface area (Å²) < 4.78 is 0. The third-order valence-corrected chi connectivity index (χ3v) is 8.96. The largest absolute Gasteiger partial charge is 0.338 e. The lowest BCUT2D eigenvalue weighted by Crippen LogP contribution is -2.45. The minimum atomic E-state index is 0.183. The van der Waals surface area contributed by atoms with Gasteiger partial charge in [-0.15, -0.1) is 0 Å². The lowest BCUT2D eigenvalue weighted by atomic mass is 9.65. The van der Waals surface area contributed by atoms with Crippen molar-refractivity contribution < 1.29 is 0 Å². The molecule has 0 saturated heterocycles. The Balaban J connectivity index is 1.49. The van der Waals surface area contributed by atoms with Crippen LogP contribution >= 0.6 is 0 Å². The molecule has 5 aliphatic rings. The first-order valence-electron chi connectivity index (χ1n) is 14.2. The molecule has 5 unspecified atom stereocenters. The molecule has 190 valence electrons. The highest BCUT2D eigenvalue weighted by atomic mass is 15.2.